The van der Waals surface area contributed by atoms with Crippen molar-refractivity contribution >= 4 is 23.2 Å². The maximum Gasteiger partial charge on any atom is 0.286 e. The second-order valence-electron chi connectivity index (χ2n) is 5.67. The van der Waals surface area contributed by atoms with E-state index in [9.17, 15) is 19.7 Å². The highest BCUT2D eigenvalue weighted by molar-refractivity contribution is 6.02. The highest BCUT2D eigenvalue weighted by atomic mass is 16.6. The third kappa shape index (κ3) is 5.46. The Bertz CT molecular complexity index is 981. The Morgan fingerprint density at radius 2 is 2.00 bits per heavy atom. The van der Waals surface area contributed by atoms with Gasteiger partial charge in [0.1, 0.15) is 5.56 Å². The van der Waals surface area contributed by atoms with Crippen molar-refractivity contribution in [3.8, 4) is 23.8 Å². The zero-order valence-corrected chi connectivity index (χ0v) is 15.9. The van der Waals surface area contributed by atoms with Crippen LogP contribution in [0.4, 0.5) is 11.4 Å². The molecule has 2 aromatic rings. The van der Waals surface area contributed by atoms with E-state index >= 15 is 0 Å². The normalized spacial score (nSPS) is 9.83. The van der Waals surface area contributed by atoms with Crippen LogP contribution in [0.15, 0.2) is 36.4 Å². The molecule has 0 saturated carbocycles. The van der Waals surface area contributed by atoms with Crippen LogP contribution in [0.2, 0.25) is 0 Å². The molecule has 2 N–H and O–H groups in total. The Labute approximate surface area is 167 Å². The van der Waals surface area contributed by atoms with Gasteiger partial charge in [0.15, 0.2) is 11.5 Å². The average molecular weight is 397 g/mol. The second-order valence-corrected chi connectivity index (χ2v) is 5.67. The molecule has 2 rings (SSSR count). The molecule has 0 heterocycles. The Hall–Kier alpha value is -4.06. The second kappa shape index (κ2) is 9.75. The number of hydrogen-bond acceptors (Lipinski definition) is 6. The Morgan fingerprint density at radius 1 is 1.24 bits per heavy atom. The number of nitrogens with zero attached hydrogens (tertiary/aromatic N) is 1. The number of nitrogens with one attached hydrogen (secondary N) is 2. The molecule has 0 saturated heterocycles. The molecule has 0 aromatic heterocycles. The quantitative estimate of drug-likeness (QED) is 0.401. The van der Waals surface area contributed by atoms with Crippen molar-refractivity contribution in [2.75, 3.05) is 25.6 Å². The van der Waals surface area contributed by atoms with Crippen LogP contribution in [0.5, 0.6) is 11.5 Å². The minimum Gasteiger partial charge on any atom is -0.493 e. The first-order valence-corrected chi connectivity index (χ1v) is 8.53. The number of anilines is 1. The lowest BCUT2D eigenvalue weighted by Gasteiger charge is -2.12. The van der Waals surface area contributed by atoms with Gasteiger partial charge in [-0.3, -0.25) is 19.7 Å². The number of rotatable bonds is 8. The van der Waals surface area contributed by atoms with Gasteiger partial charge in [0.05, 0.1) is 31.3 Å². The summed E-state index contributed by atoms with van der Waals surface area (Å²) in [7, 11) is 1.33. The molecule has 9 nitrogen and oxygen atoms in total. The maximum absolute atomic E-state index is 12.5. The fraction of sp³-hybridized carbons (Fsp3) is 0.200. The summed E-state index contributed by atoms with van der Waals surface area (Å²) in [6, 6.07) is 8.94. The monoisotopic (exact) mass is 397 g/mol. The molecular weight excluding hydrogens is 378 g/mol. The van der Waals surface area contributed by atoms with Crippen LogP contribution in [-0.4, -0.2) is 37.0 Å². The topological polar surface area (TPSA) is 120 Å². The number of nitro benzene ring substituents is 1. The van der Waals surface area contributed by atoms with Crippen LogP contribution in [0, 0.1) is 22.5 Å². The number of benzene rings is 2. The lowest BCUT2D eigenvalue weighted by atomic mass is 10.1. The molecule has 9 heteroatoms. The number of hydrogen-bond donors (Lipinski definition) is 2. The number of ether oxygens (including phenoxy) is 2. The molecule has 0 aliphatic rings. The highest BCUT2D eigenvalue weighted by Crippen LogP contribution is 2.34. The first-order valence-electron chi connectivity index (χ1n) is 8.53. The minimum absolute atomic E-state index is 0.126. The molecular formula is C20H19N3O6. The minimum atomic E-state index is -0.798. The molecule has 0 aliphatic carbocycles. The first-order chi connectivity index (χ1) is 13.9. The van der Waals surface area contributed by atoms with E-state index < -0.39 is 29.0 Å². The summed E-state index contributed by atoms with van der Waals surface area (Å²) in [4.78, 5) is 35.2. The number of carbonyl (C=O) groups excluding carboxylic acids is 2. The van der Waals surface area contributed by atoms with Gasteiger partial charge in [-0.2, -0.15) is 0 Å². The number of nitro groups is 1. The summed E-state index contributed by atoms with van der Waals surface area (Å²) in [5.74, 6) is 1.44. The number of carbonyl (C=O) groups is 2. The smallest absolute Gasteiger partial charge is 0.286 e. The van der Waals surface area contributed by atoms with E-state index in [1.54, 1.807) is 31.2 Å². The molecule has 29 heavy (non-hydrogen) atoms. The van der Waals surface area contributed by atoms with E-state index in [4.69, 9.17) is 15.9 Å². The maximum atomic E-state index is 12.5. The van der Waals surface area contributed by atoms with E-state index in [0.717, 1.165) is 6.07 Å². The van der Waals surface area contributed by atoms with Gasteiger partial charge in [-0.25, -0.2) is 0 Å². The Morgan fingerprint density at radius 3 is 2.62 bits per heavy atom. The van der Waals surface area contributed by atoms with Gasteiger partial charge in [-0.15, -0.1) is 6.42 Å². The molecule has 0 unspecified atom stereocenters. The fourth-order valence-corrected chi connectivity index (χ4v) is 2.46. The van der Waals surface area contributed by atoms with Gasteiger partial charge < -0.3 is 20.1 Å². The highest BCUT2D eigenvalue weighted by Gasteiger charge is 2.25. The molecule has 2 amide bonds. The third-order valence-electron chi connectivity index (χ3n) is 3.75. The largest absolute Gasteiger partial charge is 0.493 e. The summed E-state index contributed by atoms with van der Waals surface area (Å²) in [6.07, 6.45) is 5.31. The van der Waals surface area contributed by atoms with Crippen LogP contribution in [0.3, 0.4) is 0 Å². The zero-order valence-electron chi connectivity index (χ0n) is 15.9. The van der Waals surface area contributed by atoms with Crippen LogP contribution in [0.1, 0.15) is 22.8 Å². The van der Waals surface area contributed by atoms with E-state index in [1.807, 2.05) is 0 Å². The first kappa shape index (κ1) is 21.2. The standard InChI is InChI=1S/C20H19N3O6/c1-4-13-7-6-8-14(9-13)22-19(24)12-21-20(25)15-10-18(29-5-2)17(28-3)11-16(15)23(26)27/h1,6-11H,5,12H2,2-3H3,(H,21,25)(H,22,24). The van der Waals surface area contributed by atoms with Crippen LogP contribution in [0.25, 0.3) is 0 Å². The van der Waals surface area contributed by atoms with E-state index in [-0.39, 0.29) is 23.7 Å². The van der Waals surface area contributed by atoms with Crippen molar-refractivity contribution in [2.45, 2.75) is 6.92 Å². The van der Waals surface area contributed by atoms with Gasteiger partial charge >= 0.3 is 0 Å². The molecule has 0 atom stereocenters. The van der Waals surface area contributed by atoms with E-state index in [2.05, 4.69) is 16.6 Å². The third-order valence-corrected chi connectivity index (χ3v) is 3.75. The Balaban J connectivity index is 2.14. The molecule has 0 spiro atoms. The van der Waals surface area contributed by atoms with Crippen molar-refractivity contribution < 1.29 is 24.0 Å². The molecule has 150 valence electrons. The van der Waals surface area contributed by atoms with Crippen molar-refractivity contribution in [1.82, 2.24) is 5.32 Å². The number of methoxy groups -OCH3 is 1. The lowest BCUT2D eigenvalue weighted by Crippen LogP contribution is -2.33. The molecule has 0 bridgehead atoms. The number of amides is 2. The predicted molar refractivity (Wildman–Crippen MR) is 106 cm³/mol. The van der Waals surface area contributed by atoms with Crippen molar-refractivity contribution in [2.24, 2.45) is 0 Å². The fourth-order valence-electron chi connectivity index (χ4n) is 2.46. The van der Waals surface area contributed by atoms with Crippen LogP contribution >= 0.6 is 0 Å². The van der Waals surface area contributed by atoms with Crippen molar-refractivity contribution in [3.05, 3.63) is 57.6 Å². The summed E-state index contributed by atoms with van der Waals surface area (Å²) in [5.41, 5.74) is 0.337. The summed E-state index contributed by atoms with van der Waals surface area (Å²) in [5, 5.41) is 16.3. The average Bonchev–Trinajstić information content (AvgIpc) is 2.71. The summed E-state index contributed by atoms with van der Waals surface area (Å²) in [6.45, 7) is 1.60. The Kier molecular flexibility index (Phi) is 7.14. The van der Waals surface area contributed by atoms with Gasteiger partial charge in [-0.1, -0.05) is 12.0 Å². The van der Waals surface area contributed by atoms with Gasteiger partial charge in [0.25, 0.3) is 11.6 Å². The summed E-state index contributed by atoms with van der Waals surface area (Å²) < 4.78 is 10.4. The predicted octanol–water partition coefficient (Wildman–Crippen LogP) is 2.35. The van der Waals surface area contributed by atoms with Gasteiger partial charge in [0, 0.05) is 17.3 Å². The zero-order chi connectivity index (χ0) is 21.4. The van der Waals surface area contributed by atoms with E-state index in [1.165, 1.54) is 13.2 Å². The van der Waals surface area contributed by atoms with Gasteiger partial charge in [0.2, 0.25) is 5.91 Å². The van der Waals surface area contributed by atoms with E-state index in [0.29, 0.717) is 11.3 Å². The van der Waals surface area contributed by atoms with Crippen LogP contribution in [-0.2, 0) is 4.79 Å². The molecule has 0 fully saturated rings. The van der Waals surface area contributed by atoms with Crippen molar-refractivity contribution in [3.63, 3.8) is 0 Å². The number of terminal acetylenes is 1. The lowest BCUT2D eigenvalue weighted by molar-refractivity contribution is -0.385. The molecule has 2 aromatic carbocycles. The van der Waals surface area contributed by atoms with Gasteiger partial charge in [-0.05, 0) is 25.1 Å². The SMILES string of the molecule is C#Cc1cccc(NC(=O)CNC(=O)c2cc(OCC)c(OC)cc2[N+](=O)[O-])c1. The summed E-state index contributed by atoms with van der Waals surface area (Å²) >= 11 is 0. The molecule has 0 aliphatic heterocycles. The molecule has 0 radical (unpaired) electrons. The van der Waals surface area contributed by atoms with Crippen LogP contribution < -0.4 is 20.1 Å². The van der Waals surface area contributed by atoms with Crippen molar-refractivity contribution in [1.29, 1.82) is 0 Å².